The minimum atomic E-state index is 0.782. The Labute approximate surface area is 108 Å². The number of hydrogen-bond donors (Lipinski definition) is 2. The van der Waals surface area contributed by atoms with Gasteiger partial charge in [0.05, 0.1) is 0 Å². The zero-order chi connectivity index (χ0) is 13.0. The van der Waals surface area contributed by atoms with Gasteiger partial charge in [-0.05, 0) is 20.9 Å². The Hall–Kier alpha value is -1.40. The second kappa shape index (κ2) is 5.97. The molecule has 1 aliphatic rings. The topological polar surface area (TPSA) is 56.3 Å². The normalized spacial score (nSPS) is 17.7. The highest BCUT2D eigenvalue weighted by Crippen LogP contribution is 2.12. The van der Waals surface area contributed by atoms with E-state index in [-0.39, 0.29) is 0 Å². The van der Waals surface area contributed by atoms with Crippen LogP contribution in [-0.4, -0.2) is 59.6 Å². The predicted octanol–water partition coefficient (Wildman–Crippen LogP) is 0.791. The lowest BCUT2D eigenvalue weighted by molar-refractivity contribution is 0.178. The largest absolute Gasteiger partial charge is 0.370 e. The molecular formula is C12H22N6. The van der Waals surface area contributed by atoms with Crippen LogP contribution in [0.25, 0.3) is 0 Å². The Balaban J connectivity index is 2.00. The number of piperazine rings is 1. The van der Waals surface area contributed by atoms with E-state index in [4.69, 9.17) is 0 Å². The summed E-state index contributed by atoms with van der Waals surface area (Å²) in [6.45, 7) is 9.02. The summed E-state index contributed by atoms with van der Waals surface area (Å²) in [5.41, 5.74) is 3.36. The molecular weight excluding hydrogens is 228 g/mol. The maximum absolute atomic E-state index is 4.41. The summed E-state index contributed by atoms with van der Waals surface area (Å²) in [4.78, 5) is 11.1. The van der Waals surface area contributed by atoms with E-state index in [9.17, 15) is 0 Å². The van der Waals surface area contributed by atoms with E-state index < -0.39 is 0 Å². The van der Waals surface area contributed by atoms with E-state index in [0.717, 1.165) is 50.2 Å². The first-order valence-electron chi connectivity index (χ1n) is 6.47. The van der Waals surface area contributed by atoms with Crippen LogP contribution in [0.5, 0.6) is 0 Å². The van der Waals surface area contributed by atoms with Gasteiger partial charge in [0.2, 0.25) is 0 Å². The quantitative estimate of drug-likeness (QED) is 0.824. The molecule has 1 aromatic rings. The third kappa shape index (κ3) is 3.54. The highest BCUT2D eigenvalue weighted by Gasteiger charge is 2.14. The van der Waals surface area contributed by atoms with Crippen molar-refractivity contribution in [1.82, 2.24) is 19.9 Å². The van der Waals surface area contributed by atoms with Crippen molar-refractivity contribution in [2.24, 2.45) is 0 Å². The summed E-state index contributed by atoms with van der Waals surface area (Å²) >= 11 is 0. The molecule has 2 heterocycles. The molecule has 0 unspecified atom stereocenters. The fraction of sp³-hybridized carbons (Fsp3) is 0.667. The smallest absolute Gasteiger partial charge is 0.146 e. The van der Waals surface area contributed by atoms with Crippen LogP contribution in [0.3, 0.4) is 0 Å². The zero-order valence-corrected chi connectivity index (χ0v) is 11.4. The van der Waals surface area contributed by atoms with Crippen LogP contribution in [-0.2, 0) is 0 Å². The van der Waals surface area contributed by atoms with Crippen molar-refractivity contribution in [2.75, 3.05) is 50.5 Å². The lowest BCUT2D eigenvalue weighted by Crippen LogP contribution is -2.47. The van der Waals surface area contributed by atoms with Crippen LogP contribution in [0.15, 0.2) is 6.07 Å². The standard InChI is InChI=1S/C12H22N6/c1-4-13-11-9-12(15-10(2)14-11)16-18-7-5-17(3)6-8-18/h9H,4-8H2,1-3H3,(H2,13,14,15,16). The van der Waals surface area contributed by atoms with E-state index in [1.54, 1.807) is 0 Å². The second-order valence-corrected chi connectivity index (χ2v) is 4.62. The Morgan fingerprint density at radius 2 is 1.83 bits per heavy atom. The van der Waals surface area contributed by atoms with Crippen molar-refractivity contribution in [2.45, 2.75) is 13.8 Å². The number of aromatic nitrogens is 2. The van der Waals surface area contributed by atoms with Crippen molar-refractivity contribution in [3.63, 3.8) is 0 Å². The SMILES string of the molecule is CCNc1cc(NN2CCN(C)CC2)nc(C)n1. The van der Waals surface area contributed by atoms with E-state index in [1.165, 1.54) is 0 Å². The van der Waals surface area contributed by atoms with Gasteiger partial charge in [0.25, 0.3) is 0 Å². The van der Waals surface area contributed by atoms with Gasteiger partial charge in [0, 0.05) is 38.8 Å². The Morgan fingerprint density at radius 1 is 1.17 bits per heavy atom. The summed E-state index contributed by atoms with van der Waals surface area (Å²) in [6.07, 6.45) is 0. The van der Waals surface area contributed by atoms with Gasteiger partial charge in [-0.25, -0.2) is 15.0 Å². The van der Waals surface area contributed by atoms with Crippen molar-refractivity contribution in [3.8, 4) is 0 Å². The van der Waals surface area contributed by atoms with Gasteiger partial charge in [-0.15, -0.1) is 0 Å². The van der Waals surface area contributed by atoms with Gasteiger partial charge in [0.15, 0.2) is 0 Å². The molecule has 1 aromatic heterocycles. The highest BCUT2D eigenvalue weighted by atomic mass is 15.5. The number of likely N-dealkylation sites (N-methyl/N-ethyl adjacent to an activating group) is 1. The molecule has 0 amide bonds. The van der Waals surface area contributed by atoms with Crippen LogP contribution in [0.1, 0.15) is 12.7 Å². The molecule has 0 saturated carbocycles. The molecule has 0 radical (unpaired) electrons. The zero-order valence-electron chi connectivity index (χ0n) is 11.4. The minimum absolute atomic E-state index is 0.782. The Morgan fingerprint density at radius 3 is 2.50 bits per heavy atom. The molecule has 0 atom stereocenters. The second-order valence-electron chi connectivity index (χ2n) is 4.62. The number of aryl methyl sites for hydroxylation is 1. The number of nitrogens with one attached hydrogen (secondary N) is 2. The van der Waals surface area contributed by atoms with Crippen LogP contribution < -0.4 is 10.7 Å². The van der Waals surface area contributed by atoms with Crippen molar-refractivity contribution < 1.29 is 0 Å². The summed E-state index contributed by atoms with van der Waals surface area (Å²) in [5, 5.41) is 5.42. The van der Waals surface area contributed by atoms with Crippen LogP contribution >= 0.6 is 0 Å². The summed E-state index contributed by atoms with van der Waals surface area (Å²) in [5.74, 6) is 2.52. The number of rotatable bonds is 4. The molecule has 2 N–H and O–H groups in total. The molecule has 0 aromatic carbocycles. The van der Waals surface area contributed by atoms with E-state index in [0.29, 0.717) is 0 Å². The molecule has 1 fully saturated rings. The molecule has 0 bridgehead atoms. The van der Waals surface area contributed by atoms with Crippen LogP contribution in [0, 0.1) is 6.92 Å². The molecule has 0 aliphatic carbocycles. The average molecular weight is 250 g/mol. The lowest BCUT2D eigenvalue weighted by Gasteiger charge is -2.32. The van der Waals surface area contributed by atoms with Gasteiger partial charge in [-0.2, -0.15) is 0 Å². The van der Waals surface area contributed by atoms with E-state index >= 15 is 0 Å². The minimum Gasteiger partial charge on any atom is -0.370 e. The van der Waals surface area contributed by atoms with Crippen molar-refractivity contribution in [1.29, 1.82) is 0 Å². The molecule has 1 saturated heterocycles. The van der Waals surface area contributed by atoms with Gasteiger partial charge in [-0.1, -0.05) is 0 Å². The first kappa shape index (κ1) is 13.0. The van der Waals surface area contributed by atoms with E-state index in [2.05, 4.69) is 44.6 Å². The summed E-state index contributed by atoms with van der Waals surface area (Å²) in [6, 6.07) is 1.95. The first-order chi connectivity index (χ1) is 8.67. The molecule has 1 aliphatic heterocycles. The average Bonchev–Trinajstić information content (AvgIpc) is 2.32. The number of nitrogens with zero attached hydrogens (tertiary/aromatic N) is 4. The summed E-state index contributed by atoms with van der Waals surface area (Å²) in [7, 11) is 2.15. The Bertz CT molecular complexity index is 386. The van der Waals surface area contributed by atoms with Crippen molar-refractivity contribution in [3.05, 3.63) is 11.9 Å². The third-order valence-electron chi connectivity index (χ3n) is 2.97. The number of hydrogen-bond acceptors (Lipinski definition) is 6. The molecule has 2 rings (SSSR count). The van der Waals surface area contributed by atoms with Crippen LogP contribution in [0.2, 0.25) is 0 Å². The highest BCUT2D eigenvalue weighted by molar-refractivity contribution is 5.46. The van der Waals surface area contributed by atoms with Gasteiger partial charge in [0.1, 0.15) is 17.5 Å². The van der Waals surface area contributed by atoms with Crippen LogP contribution in [0.4, 0.5) is 11.6 Å². The predicted molar refractivity (Wildman–Crippen MR) is 73.6 cm³/mol. The molecule has 18 heavy (non-hydrogen) atoms. The molecule has 100 valence electrons. The van der Waals surface area contributed by atoms with Gasteiger partial charge in [-0.3, -0.25) is 0 Å². The maximum Gasteiger partial charge on any atom is 0.146 e. The number of hydrazine groups is 1. The molecule has 0 spiro atoms. The molecule has 6 heteroatoms. The monoisotopic (exact) mass is 250 g/mol. The Kier molecular flexibility index (Phi) is 4.33. The van der Waals surface area contributed by atoms with E-state index in [1.807, 2.05) is 13.0 Å². The fourth-order valence-corrected chi connectivity index (χ4v) is 1.98. The molecule has 6 nitrogen and oxygen atoms in total. The number of anilines is 2. The van der Waals surface area contributed by atoms with Crippen molar-refractivity contribution >= 4 is 11.6 Å². The summed E-state index contributed by atoms with van der Waals surface area (Å²) < 4.78 is 0. The third-order valence-corrected chi connectivity index (χ3v) is 2.97. The fourth-order valence-electron chi connectivity index (χ4n) is 1.98. The van der Waals surface area contributed by atoms with Gasteiger partial charge < -0.3 is 15.6 Å². The van der Waals surface area contributed by atoms with Gasteiger partial charge >= 0.3 is 0 Å². The lowest BCUT2D eigenvalue weighted by atomic mass is 10.4. The maximum atomic E-state index is 4.41. The first-order valence-corrected chi connectivity index (χ1v) is 6.47.